The number of hydrogen-bond acceptors (Lipinski definition) is 3. The lowest BCUT2D eigenvalue weighted by Gasteiger charge is -2.28. The van der Waals surface area contributed by atoms with Crippen LogP contribution in [-0.2, 0) is 27.8 Å². The molecule has 2 N–H and O–H groups in total. The van der Waals surface area contributed by atoms with Crippen molar-refractivity contribution in [3.05, 3.63) is 70.8 Å². The van der Waals surface area contributed by atoms with Crippen molar-refractivity contribution in [2.24, 2.45) is 0 Å². The molecule has 28 heavy (non-hydrogen) atoms. The van der Waals surface area contributed by atoms with E-state index >= 15 is 0 Å². The Morgan fingerprint density at radius 3 is 2.75 bits per heavy atom. The van der Waals surface area contributed by atoms with Crippen LogP contribution < -0.4 is 5.32 Å². The zero-order valence-electron chi connectivity index (χ0n) is 15.9. The van der Waals surface area contributed by atoms with Gasteiger partial charge in [-0.3, -0.25) is 9.00 Å². The summed E-state index contributed by atoms with van der Waals surface area (Å²) in [7, 11) is -1.01. The second-order valence-electron chi connectivity index (χ2n) is 7.31. The fourth-order valence-electron chi connectivity index (χ4n) is 3.88. The number of fused-ring (bicyclic) bond motifs is 1. The molecule has 3 rings (SSSR count). The van der Waals surface area contributed by atoms with Crippen LogP contribution in [0.4, 0.5) is 0 Å². The van der Waals surface area contributed by atoms with Gasteiger partial charge in [-0.2, -0.15) is 0 Å². The van der Waals surface area contributed by atoms with Crippen molar-refractivity contribution in [2.45, 2.75) is 43.4 Å². The van der Waals surface area contributed by atoms with Crippen molar-refractivity contribution in [3.8, 4) is 0 Å². The van der Waals surface area contributed by atoms with Gasteiger partial charge < -0.3 is 10.4 Å². The first-order valence-electron chi connectivity index (χ1n) is 9.44. The number of carboxylic acid groups (broad SMARTS) is 1. The van der Waals surface area contributed by atoms with Gasteiger partial charge >= 0.3 is 5.97 Å². The fraction of sp³-hybridized carbons (Fsp3) is 0.364. The van der Waals surface area contributed by atoms with Gasteiger partial charge in [0.05, 0.1) is 0 Å². The molecule has 3 atom stereocenters. The average molecular weight is 400 g/mol. The number of nitrogens with one attached hydrogen (secondary N) is 1. The van der Waals surface area contributed by atoms with Crippen molar-refractivity contribution in [1.29, 1.82) is 0 Å². The highest BCUT2D eigenvalue weighted by Gasteiger charge is 2.28. The molecule has 0 heterocycles. The van der Waals surface area contributed by atoms with Crippen LogP contribution in [-0.4, -0.2) is 33.5 Å². The van der Waals surface area contributed by atoms with Gasteiger partial charge in [-0.15, -0.1) is 0 Å². The van der Waals surface area contributed by atoms with Crippen LogP contribution in [0.3, 0.4) is 0 Å². The van der Waals surface area contributed by atoms with Crippen LogP contribution in [0.15, 0.2) is 48.5 Å². The monoisotopic (exact) mass is 399 g/mol. The van der Waals surface area contributed by atoms with Crippen molar-refractivity contribution >= 4 is 22.7 Å². The highest BCUT2D eigenvalue weighted by Crippen LogP contribution is 2.34. The molecular formula is C22H25NO4S. The fourth-order valence-corrected chi connectivity index (χ4v) is 4.53. The standard InChI is InChI=1S/C22H25NO4S/c1-28(27)14-15-6-4-10-18(12-15)21(24)23-20(22(25)26)13-17-9-5-8-16-7-2-3-11-19(16)17/h2-4,6-7,10-12,17,20H,5,8-9,13-14H2,1H3,(H,23,24)(H,25,26). The van der Waals surface area contributed by atoms with Crippen LogP contribution in [0, 0.1) is 0 Å². The molecule has 1 aliphatic rings. The maximum Gasteiger partial charge on any atom is 0.326 e. The summed E-state index contributed by atoms with van der Waals surface area (Å²) in [6, 6.07) is 14.1. The number of amides is 1. The van der Waals surface area contributed by atoms with Gasteiger partial charge in [0.2, 0.25) is 0 Å². The molecular weight excluding hydrogens is 374 g/mol. The van der Waals surface area contributed by atoms with Crippen molar-refractivity contribution in [3.63, 3.8) is 0 Å². The lowest BCUT2D eigenvalue weighted by Crippen LogP contribution is -2.42. The summed E-state index contributed by atoms with van der Waals surface area (Å²) in [5, 5.41) is 12.3. The van der Waals surface area contributed by atoms with Crippen molar-refractivity contribution < 1.29 is 18.9 Å². The Kier molecular flexibility index (Phi) is 6.62. The van der Waals surface area contributed by atoms with Gasteiger partial charge in [0.1, 0.15) is 6.04 Å². The van der Waals surface area contributed by atoms with Crippen LogP contribution >= 0.6 is 0 Å². The molecule has 5 nitrogen and oxygen atoms in total. The van der Waals surface area contributed by atoms with Gasteiger partial charge in [0, 0.05) is 28.4 Å². The summed E-state index contributed by atoms with van der Waals surface area (Å²) in [4.78, 5) is 24.4. The first-order chi connectivity index (χ1) is 13.4. The normalized spacial score (nSPS) is 18.0. The maximum atomic E-state index is 12.6. The van der Waals surface area contributed by atoms with E-state index in [2.05, 4.69) is 17.4 Å². The average Bonchev–Trinajstić information content (AvgIpc) is 2.67. The van der Waals surface area contributed by atoms with Gasteiger partial charge in [-0.1, -0.05) is 36.4 Å². The van der Waals surface area contributed by atoms with Gasteiger partial charge in [-0.05, 0) is 60.4 Å². The summed E-state index contributed by atoms with van der Waals surface area (Å²) in [6.07, 6.45) is 4.95. The third-order valence-corrected chi connectivity index (χ3v) is 5.92. The Morgan fingerprint density at radius 2 is 2.00 bits per heavy atom. The van der Waals surface area contributed by atoms with E-state index in [-0.39, 0.29) is 5.92 Å². The Labute approximate surface area is 167 Å². The number of aliphatic carboxylic acids is 1. The van der Waals surface area contributed by atoms with E-state index in [0.717, 1.165) is 24.8 Å². The molecule has 0 saturated heterocycles. The summed E-state index contributed by atoms with van der Waals surface area (Å²) in [6.45, 7) is 0. The number of carboxylic acids is 1. The quantitative estimate of drug-likeness (QED) is 0.749. The molecule has 1 amide bonds. The van der Waals surface area contributed by atoms with Crippen molar-refractivity contribution in [1.82, 2.24) is 5.32 Å². The van der Waals surface area contributed by atoms with E-state index < -0.39 is 28.7 Å². The van der Waals surface area contributed by atoms with Crippen LogP contribution in [0.25, 0.3) is 0 Å². The highest BCUT2D eigenvalue weighted by atomic mass is 32.2. The zero-order valence-corrected chi connectivity index (χ0v) is 16.7. The van der Waals surface area contributed by atoms with Crippen LogP contribution in [0.2, 0.25) is 0 Å². The second kappa shape index (κ2) is 9.15. The summed E-state index contributed by atoms with van der Waals surface area (Å²) < 4.78 is 11.4. The Bertz CT molecular complexity index is 896. The molecule has 0 fully saturated rings. The van der Waals surface area contributed by atoms with Crippen molar-refractivity contribution in [2.75, 3.05) is 6.26 Å². The third kappa shape index (κ3) is 5.07. The highest BCUT2D eigenvalue weighted by molar-refractivity contribution is 7.83. The van der Waals surface area contributed by atoms with Crippen LogP contribution in [0.1, 0.15) is 52.2 Å². The smallest absolute Gasteiger partial charge is 0.326 e. The summed E-state index contributed by atoms with van der Waals surface area (Å²) in [5.41, 5.74) is 3.65. The molecule has 0 spiro atoms. The number of carbonyl (C=O) groups is 2. The van der Waals surface area contributed by atoms with E-state index in [1.807, 2.05) is 18.2 Å². The second-order valence-corrected chi connectivity index (χ2v) is 8.74. The van der Waals surface area contributed by atoms with E-state index in [4.69, 9.17) is 0 Å². The van der Waals surface area contributed by atoms with Gasteiger partial charge in [-0.25, -0.2) is 4.79 Å². The minimum atomic E-state index is -1.03. The van der Waals surface area contributed by atoms with Gasteiger partial charge in [0.15, 0.2) is 0 Å². The lowest BCUT2D eigenvalue weighted by molar-refractivity contribution is -0.139. The molecule has 1 aliphatic carbocycles. The number of aryl methyl sites for hydroxylation is 1. The van der Waals surface area contributed by atoms with Gasteiger partial charge in [0.25, 0.3) is 5.91 Å². The Balaban J connectivity index is 1.73. The number of hydrogen-bond donors (Lipinski definition) is 2. The molecule has 2 aromatic carbocycles. The summed E-state index contributed by atoms with van der Waals surface area (Å²) >= 11 is 0. The number of rotatable bonds is 7. The minimum Gasteiger partial charge on any atom is -0.480 e. The first-order valence-corrected chi connectivity index (χ1v) is 11.2. The topological polar surface area (TPSA) is 83.5 Å². The molecule has 0 bridgehead atoms. The maximum absolute atomic E-state index is 12.6. The molecule has 6 heteroatoms. The van der Waals surface area contributed by atoms with E-state index in [0.29, 0.717) is 17.7 Å². The minimum absolute atomic E-state index is 0.125. The Hall–Kier alpha value is -2.47. The summed E-state index contributed by atoms with van der Waals surface area (Å²) in [5.74, 6) is -0.954. The molecule has 0 aromatic heterocycles. The predicted octanol–water partition coefficient (Wildman–Crippen LogP) is 3.26. The number of carbonyl (C=O) groups excluding carboxylic acids is 1. The molecule has 0 aliphatic heterocycles. The first kappa shape index (κ1) is 20.3. The molecule has 2 aromatic rings. The zero-order chi connectivity index (χ0) is 20.1. The van der Waals surface area contributed by atoms with E-state index in [9.17, 15) is 18.9 Å². The van der Waals surface area contributed by atoms with E-state index in [1.54, 1.807) is 24.5 Å². The van der Waals surface area contributed by atoms with E-state index in [1.165, 1.54) is 11.1 Å². The number of benzene rings is 2. The van der Waals surface area contributed by atoms with Crippen LogP contribution in [0.5, 0.6) is 0 Å². The Morgan fingerprint density at radius 1 is 1.21 bits per heavy atom. The molecule has 0 saturated carbocycles. The molecule has 148 valence electrons. The predicted molar refractivity (Wildman–Crippen MR) is 110 cm³/mol. The third-order valence-electron chi connectivity index (χ3n) is 5.18. The lowest BCUT2D eigenvalue weighted by atomic mass is 9.79. The molecule has 0 radical (unpaired) electrons. The molecule has 3 unspecified atom stereocenters. The largest absolute Gasteiger partial charge is 0.480 e. The SMILES string of the molecule is CS(=O)Cc1cccc(C(=O)NC(CC2CCCc3ccccc32)C(=O)O)c1.